The topological polar surface area (TPSA) is 76.5 Å². The van der Waals surface area contributed by atoms with E-state index >= 15 is 0 Å². The van der Waals surface area contributed by atoms with E-state index in [0.29, 0.717) is 26.4 Å². The molecule has 164 valence electrons. The molecule has 6 heteroatoms. The molecule has 1 aliphatic carbocycles. The molecule has 0 fully saturated rings. The molecular formula is C25H29NO3S2. The molecule has 1 aromatic heterocycles. The fourth-order valence-electron chi connectivity index (χ4n) is 4.64. The van der Waals surface area contributed by atoms with Gasteiger partial charge in [0.05, 0.1) is 4.88 Å². The van der Waals surface area contributed by atoms with Crippen LogP contribution in [-0.2, 0) is 17.3 Å². The van der Waals surface area contributed by atoms with E-state index in [4.69, 9.17) is 12.2 Å². The highest BCUT2D eigenvalue weighted by Gasteiger charge is 2.37. The molecule has 2 aromatic carbocycles. The van der Waals surface area contributed by atoms with Crippen molar-refractivity contribution in [2.45, 2.75) is 64.7 Å². The lowest BCUT2D eigenvalue weighted by Gasteiger charge is -2.42. The Hall–Kier alpha value is -2.31. The summed E-state index contributed by atoms with van der Waals surface area (Å²) in [5.74, 6) is 0.0677. The molecule has 31 heavy (non-hydrogen) atoms. The Morgan fingerprint density at radius 3 is 2.10 bits per heavy atom. The van der Waals surface area contributed by atoms with E-state index in [0.717, 1.165) is 24.0 Å². The number of aromatic nitrogens is 1. The maximum Gasteiger partial charge on any atom is 0.203 e. The van der Waals surface area contributed by atoms with Gasteiger partial charge in [0, 0.05) is 23.6 Å². The van der Waals surface area contributed by atoms with E-state index in [2.05, 4.69) is 51.7 Å². The smallest absolute Gasteiger partial charge is 0.203 e. The minimum Gasteiger partial charge on any atom is -0.508 e. The van der Waals surface area contributed by atoms with Crippen LogP contribution in [0.2, 0.25) is 0 Å². The van der Waals surface area contributed by atoms with Crippen LogP contribution in [0.3, 0.4) is 0 Å². The monoisotopic (exact) mass is 455 g/mol. The molecule has 0 bridgehead atoms. The summed E-state index contributed by atoms with van der Waals surface area (Å²) in [5, 5.41) is 31.3. The number of phenols is 2. The van der Waals surface area contributed by atoms with Crippen LogP contribution in [-0.4, -0.2) is 20.3 Å². The quantitative estimate of drug-likeness (QED) is 0.326. The third-order valence-corrected chi connectivity index (χ3v) is 7.96. The first-order valence-corrected chi connectivity index (χ1v) is 11.7. The Morgan fingerprint density at radius 1 is 0.903 bits per heavy atom. The maximum atomic E-state index is 10.7. The van der Waals surface area contributed by atoms with Crippen molar-refractivity contribution in [3.8, 4) is 28.5 Å². The van der Waals surface area contributed by atoms with E-state index in [1.807, 2.05) is 6.07 Å². The van der Waals surface area contributed by atoms with Gasteiger partial charge in [0.25, 0.3) is 0 Å². The standard InChI is InChI=1S/C25H29NO3S2/c1-13-8-17-18(25(4,5)7-6-24(17,2)3)11-15(13)16-9-14(19(27)12-20(16)28)10-21-22(29)26-23(30)31-21/h8-9,11-12,27-29H,6-7,10H2,1-5H3,(H,26,30). The van der Waals surface area contributed by atoms with Gasteiger partial charge in [-0.2, -0.15) is 0 Å². The number of aryl methyl sites for hydroxylation is 1. The predicted molar refractivity (Wildman–Crippen MR) is 129 cm³/mol. The van der Waals surface area contributed by atoms with Crippen LogP contribution >= 0.6 is 23.6 Å². The molecule has 4 nitrogen and oxygen atoms in total. The maximum absolute atomic E-state index is 10.7. The van der Waals surface area contributed by atoms with Gasteiger partial charge in [0.15, 0.2) is 3.95 Å². The number of phenolic OH excluding ortho intramolecular Hbond substituents is 2. The zero-order chi connectivity index (χ0) is 22.7. The predicted octanol–water partition coefficient (Wildman–Crippen LogP) is 6.84. The van der Waals surface area contributed by atoms with Crippen molar-refractivity contribution in [1.82, 2.24) is 4.98 Å². The number of hydrogen-bond acceptors (Lipinski definition) is 5. The van der Waals surface area contributed by atoms with Crippen LogP contribution in [0, 0.1) is 10.9 Å². The summed E-state index contributed by atoms with van der Waals surface area (Å²) >= 11 is 6.39. The second-order valence-electron chi connectivity index (χ2n) is 9.94. The number of H-pyrrole nitrogens is 1. The first-order chi connectivity index (χ1) is 14.4. The highest BCUT2D eigenvalue weighted by molar-refractivity contribution is 7.73. The lowest BCUT2D eigenvalue weighted by atomic mass is 9.62. The van der Waals surface area contributed by atoms with E-state index in [-0.39, 0.29) is 28.2 Å². The number of hydrogen-bond donors (Lipinski definition) is 4. The Labute approximate surface area is 192 Å². The molecule has 1 aliphatic rings. The van der Waals surface area contributed by atoms with Gasteiger partial charge >= 0.3 is 0 Å². The average molecular weight is 456 g/mol. The molecule has 4 N–H and O–H groups in total. The molecule has 0 spiro atoms. The first-order valence-electron chi connectivity index (χ1n) is 10.5. The average Bonchev–Trinajstić information content (AvgIpc) is 2.98. The number of aromatic hydroxyl groups is 3. The third kappa shape index (κ3) is 3.87. The number of thiazole rings is 1. The van der Waals surface area contributed by atoms with Crippen molar-refractivity contribution in [1.29, 1.82) is 0 Å². The van der Waals surface area contributed by atoms with Gasteiger partial charge in [-0.1, -0.05) is 33.8 Å². The molecule has 0 radical (unpaired) electrons. The lowest BCUT2D eigenvalue weighted by Crippen LogP contribution is -2.34. The molecule has 0 amide bonds. The normalized spacial score (nSPS) is 16.8. The summed E-state index contributed by atoms with van der Waals surface area (Å²) in [7, 11) is 0. The minimum absolute atomic E-state index is 0.00274. The molecular weight excluding hydrogens is 426 g/mol. The van der Waals surface area contributed by atoms with Crippen molar-refractivity contribution < 1.29 is 15.3 Å². The number of benzene rings is 2. The van der Waals surface area contributed by atoms with Gasteiger partial charge in [-0.25, -0.2) is 0 Å². The van der Waals surface area contributed by atoms with Crippen LogP contribution in [0.4, 0.5) is 0 Å². The van der Waals surface area contributed by atoms with Gasteiger partial charge in [-0.05, 0) is 77.2 Å². The van der Waals surface area contributed by atoms with Gasteiger partial charge in [0.2, 0.25) is 5.88 Å². The van der Waals surface area contributed by atoms with Gasteiger partial charge in [-0.15, -0.1) is 11.3 Å². The van der Waals surface area contributed by atoms with Gasteiger partial charge in [0.1, 0.15) is 11.5 Å². The number of aromatic amines is 1. The molecule has 0 aliphatic heterocycles. The van der Waals surface area contributed by atoms with Gasteiger partial charge in [-0.3, -0.25) is 0 Å². The summed E-state index contributed by atoms with van der Waals surface area (Å²) in [5.41, 5.74) is 6.24. The zero-order valence-electron chi connectivity index (χ0n) is 18.6. The van der Waals surface area contributed by atoms with Crippen LogP contribution in [0.25, 0.3) is 11.1 Å². The van der Waals surface area contributed by atoms with Crippen LogP contribution in [0.5, 0.6) is 17.4 Å². The van der Waals surface area contributed by atoms with Crippen LogP contribution in [0.15, 0.2) is 24.3 Å². The van der Waals surface area contributed by atoms with E-state index in [1.165, 1.54) is 28.5 Å². The third-order valence-electron chi connectivity index (χ3n) is 6.74. The molecule has 0 atom stereocenters. The van der Waals surface area contributed by atoms with E-state index in [1.54, 1.807) is 0 Å². The number of nitrogens with one attached hydrogen (secondary N) is 1. The minimum atomic E-state index is -0.00274. The van der Waals surface area contributed by atoms with Crippen LogP contribution < -0.4 is 0 Å². The zero-order valence-corrected chi connectivity index (χ0v) is 20.2. The Bertz CT molecular complexity index is 1230. The largest absolute Gasteiger partial charge is 0.508 e. The summed E-state index contributed by atoms with van der Waals surface area (Å²) in [6.45, 7) is 11.2. The van der Waals surface area contributed by atoms with Crippen molar-refractivity contribution in [3.63, 3.8) is 0 Å². The van der Waals surface area contributed by atoms with Crippen molar-refractivity contribution >= 4 is 23.6 Å². The molecule has 3 aromatic rings. The molecule has 1 heterocycles. The fraction of sp³-hybridized carbons (Fsp3) is 0.400. The highest BCUT2D eigenvalue weighted by atomic mass is 32.1. The van der Waals surface area contributed by atoms with Crippen molar-refractivity contribution in [2.75, 3.05) is 0 Å². The Kier molecular flexibility index (Phi) is 5.22. The fourth-order valence-corrected chi connectivity index (χ4v) is 5.78. The van der Waals surface area contributed by atoms with Gasteiger partial charge < -0.3 is 20.3 Å². The SMILES string of the molecule is Cc1cc2c(cc1-c1cc(Cc3sc(=S)[nH]c3O)c(O)cc1O)C(C)(C)CCC2(C)C. The summed E-state index contributed by atoms with van der Waals surface area (Å²) in [6.07, 6.45) is 2.58. The molecule has 0 saturated heterocycles. The number of fused-ring (bicyclic) bond motifs is 1. The molecule has 0 saturated carbocycles. The van der Waals surface area contributed by atoms with Crippen molar-refractivity contribution in [2.24, 2.45) is 0 Å². The first kappa shape index (κ1) is 21.9. The lowest BCUT2D eigenvalue weighted by molar-refractivity contribution is 0.332. The molecule has 0 unspecified atom stereocenters. The molecule has 4 rings (SSSR count). The van der Waals surface area contributed by atoms with E-state index < -0.39 is 0 Å². The Balaban J connectivity index is 1.87. The Morgan fingerprint density at radius 2 is 1.52 bits per heavy atom. The summed E-state index contributed by atoms with van der Waals surface area (Å²) in [4.78, 5) is 3.38. The van der Waals surface area contributed by atoms with Crippen molar-refractivity contribution in [3.05, 3.63) is 55.4 Å². The summed E-state index contributed by atoms with van der Waals surface area (Å²) < 4.78 is 0.487. The highest BCUT2D eigenvalue weighted by Crippen LogP contribution is 2.48. The van der Waals surface area contributed by atoms with E-state index in [9.17, 15) is 15.3 Å². The van der Waals surface area contributed by atoms with Crippen LogP contribution in [0.1, 0.15) is 67.7 Å². The second kappa shape index (κ2) is 7.38. The number of rotatable bonds is 3. The summed E-state index contributed by atoms with van der Waals surface area (Å²) in [6, 6.07) is 7.70. The second-order valence-corrected chi connectivity index (χ2v) is 11.7.